The second kappa shape index (κ2) is 4.40. The van der Waals surface area contributed by atoms with Gasteiger partial charge in [-0.25, -0.2) is 4.79 Å². The molecule has 0 bridgehead atoms. The highest BCUT2D eigenvalue weighted by Gasteiger charge is 2.24. The fourth-order valence-corrected chi connectivity index (χ4v) is 1.92. The smallest absolute Gasteiger partial charge is 0.315 e. The Hall–Kier alpha value is -1.91. The van der Waals surface area contributed by atoms with E-state index < -0.39 is 0 Å². The van der Waals surface area contributed by atoms with Gasteiger partial charge < -0.3 is 20.1 Å². The molecule has 1 aliphatic heterocycles. The molecule has 1 saturated carbocycles. The fourth-order valence-electron chi connectivity index (χ4n) is 1.92. The molecular formula is C13H16N2O3. The Labute approximate surface area is 105 Å². The first-order valence-corrected chi connectivity index (χ1v) is 6.19. The van der Waals surface area contributed by atoms with Gasteiger partial charge in [0.1, 0.15) is 0 Å². The Morgan fingerprint density at radius 1 is 1.33 bits per heavy atom. The molecule has 2 amide bonds. The summed E-state index contributed by atoms with van der Waals surface area (Å²) in [6.07, 6.45) is 2.18. The van der Waals surface area contributed by atoms with E-state index in [1.165, 1.54) is 0 Å². The molecule has 5 heteroatoms. The molecule has 0 aromatic heterocycles. The van der Waals surface area contributed by atoms with Crippen LogP contribution in [0.5, 0.6) is 11.5 Å². The minimum atomic E-state index is -0.109. The molecule has 18 heavy (non-hydrogen) atoms. The number of fused-ring (bicyclic) bond motifs is 1. The first-order valence-electron chi connectivity index (χ1n) is 6.19. The Morgan fingerprint density at radius 3 is 2.89 bits per heavy atom. The number of amides is 2. The second-order valence-electron chi connectivity index (χ2n) is 4.73. The average Bonchev–Trinajstić information content (AvgIpc) is 3.03. The topological polar surface area (TPSA) is 59.6 Å². The second-order valence-corrected chi connectivity index (χ2v) is 4.73. The van der Waals surface area contributed by atoms with E-state index in [4.69, 9.17) is 9.47 Å². The zero-order valence-corrected chi connectivity index (χ0v) is 10.2. The average molecular weight is 248 g/mol. The molecule has 1 aromatic carbocycles. The third-order valence-electron chi connectivity index (χ3n) is 3.16. The molecular weight excluding hydrogens is 232 g/mol. The maximum atomic E-state index is 11.6. The Balaban J connectivity index is 1.64. The quantitative estimate of drug-likeness (QED) is 0.859. The molecule has 1 aromatic rings. The molecule has 1 unspecified atom stereocenters. The summed E-state index contributed by atoms with van der Waals surface area (Å²) in [5, 5.41) is 5.81. The SMILES string of the molecule is CC(NC(=O)NC1CC1)c1ccc2c(c1)OCO2. The van der Waals surface area contributed by atoms with Crippen molar-refractivity contribution < 1.29 is 14.3 Å². The summed E-state index contributed by atoms with van der Waals surface area (Å²) in [5.74, 6) is 1.50. The van der Waals surface area contributed by atoms with Crippen molar-refractivity contribution in [1.82, 2.24) is 10.6 Å². The van der Waals surface area contributed by atoms with Crippen LogP contribution in [0.3, 0.4) is 0 Å². The molecule has 96 valence electrons. The molecule has 1 fully saturated rings. The molecule has 5 nitrogen and oxygen atoms in total. The van der Waals surface area contributed by atoms with Crippen molar-refractivity contribution >= 4 is 6.03 Å². The van der Waals surface area contributed by atoms with Crippen LogP contribution in [0, 0.1) is 0 Å². The van der Waals surface area contributed by atoms with Crippen molar-refractivity contribution in [2.75, 3.05) is 6.79 Å². The zero-order valence-electron chi connectivity index (χ0n) is 10.2. The highest BCUT2D eigenvalue weighted by atomic mass is 16.7. The molecule has 3 rings (SSSR count). The Kier molecular flexibility index (Phi) is 2.74. The summed E-state index contributed by atoms with van der Waals surface area (Å²) in [6, 6.07) is 5.92. The van der Waals surface area contributed by atoms with Gasteiger partial charge >= 0.3 is 6.03 Å². The van der Waals surface area contributed by atoms with Crippen molar-refractivity contribution in [3.63, 3.8) is 0 Å². The summed E-state index contributed by atoms with van der Waals surface area (Å²) in [6.45, 7) is 2.22. The van der Waals surface area contributed by atoms with Crippen LogP contribution in [0.4, 0.5) is 4.79 Å². The van der Waals surface area contributed by atoms with E-state index in [0.29, 0.717) is 6.04 Å². The number of benzene rings is 1. The summed E-state index contributed by atoms with van der Waals surface area (Å²) < 4.78 is 10.6. The largest absolute Gasteiger partial charge is 0.454 e. The predicted octanol–water partition coefficient (Wildman–Crippen LogP) is 1.94. The van der Waals surface area contributed by atoms with Gasteiger partial charge in [-0.15, -0.1) is 0 Å². The molecule has 0 spiro atoms. The number of rotatable bonds is 3. The van der Waals surface area contributed by atoms with Crippen LogP contribution in [0.15, 0.2) is 18.2 Å². The summed E-state index contributed by atoms with van der Waals surface area (Å²) in [7, 11) is 0. The van der Waals surface area contributed by atoms with Gasteiger partial charge in [0, 0.05) is 6.04 Å². The molecule has 0 radical (unpaired) electrons. The number of urea groups is 1. The normalized spacial score (nSPS) is 18.3. The van der Waals surface area contributed by atoms with E-state index in [1.54, 1.807) is 0 Å². The van der Waals surface area contributed by atoms with Crippen molar-refractivity contribution in [1.29, 1.82) is 0 Å². The first-order chi connectivity index (χ1) is 8.72. The van der Waals surface area contributed by atoms with Crippen molar-refractivity contribution in [3.8, 4) is 11.5 Å². The van der Waals surface area contributed by atoms with Gasteiger partial charge in [-0.3, -0.25) is 0 Å². The van der Waals surface area contributed by atoms with Gasteiger partial charge in [-0.1, -0.05) is 6.07 Å². The summed E-state index contributed by atoms with van der Waals surface area (Å²) in [4.78, 5) is 11.6. The monoisotopic (exact) mass is 248 g/mol. The number of hydrogen-bond donors (Lipinski definition) is 2. The zero-order chi connectivity index (χ0) is 12.5. The lowest BCUT2D eigenvalue weighted by Crippen LogP contribution is -2.38. The standard InChI is InChI=1S/C13H16N2O3/c1-8(14-13(16)15-10-3-4-10)9-2-5-11-12(6-9)18-7-17-11/h2,5-6,8,10H,3-4,7H2,1H3,(H2,14,15,16). The molecule has 2 N–H and O–H groups in total. The van der Waals surface area contributed by atoms with Crippen LogP contribution in [0.2, 0.25) is 0 Å². The van der Waals surface area contributed by atoms with Crippen LogP contribution in [0.1, 0.15) is 31.4 Å². The Morgan fingerprint density at radius 2 is 2.11 bits per heavy atom. The van der Waals surface area contributed by atoms with Gasteiger partial charge in [0.25, 0.3) is 0 Å². The fraction of sp³-hybridized carbons (Fsp3) is 0.462. The van der Waals surface area contributed by atoms with Crippen LogP contribution < -0.4 is 20.1 Å². The van der Waals surface area contributed by atoms with E-state index >= 15 is 0 Å². The third kappa shape index (κ3) is 2.34. The van der Waals surface area contributed by atoms with Crippen molar-refractivity contribution in [3.05, 3.63) is 23.8 Å². The minimum absolute atomic E-state index is 0.0572. The maximum Gasteiger partial charge on any atom is 0.315 e. The number of hydrogen-bond acceptors (Lipinski definition) is 3. The van der Waals surface area contributed by atoms with E-state index in [9.17, 15) is 4.79 Å². The van der Waals surface area contributed by atoms with Gasteiger partial charge in [-0.2, -0.15) is 0 Å². The number of carbonyl (C=O) groups is 1. The minimum Gasteiger partial charge on any atom is -0.454 e. The number of nitrogens with one attached hydrogen (secondary N) is 2. The highest BCUT2D eigenvalue weighted by Crippen LogP contribution is 2.34. The first kappa shape index (κ1) is 11.2. The lowest BCUT2D eigenvalue weighted by Gasteiger charge is -2.15. The van der Waals surface area contributed by atoms with Gasteiger partial charge in [0.05, 0.1) is 6.04 Å². The van der Waals surface area contributed by atoms with Gasteiger partial charge in [-0.05, 0) is 37.5 Å². The van der Waals surface area contributed by atoms with Crippen molar-refractivity contribution in [2.45, 2.75) is 31.8 Å². The maximum absolute atomic E-state index is 11.6. The van der Waals surface area contributed by atoms with Crippen LogP contribution in [0.25, 0.3) is 0 Å². The summed E-state index contributed by atoms with van der Waals surface area (Å²) in [5.41, 5.74) is 1.00. The molecule has 0 saturated heterocycles. The highest BCUT2D eigenvalue weighted by molar-refractivity contribution is 5.75. The molecule has 1 aliphatic carbocycles. The van der Waals surface area contributed by atoms with E-state index in [1.807, 2.05) is 25.1 Å². The van der Waals surface area contributed by atoms with Crippen LogP contribution in [-0.2, 0) is 0 Å². The molecule has 1 atom stereocenters. The Bertz CT molecular complexity index is 471. The predicted molar refractivity (Wildman–Crippen MR) is 65.7 cm³/mol. The van der Waals surface area contributed by atoms with Gasteiger partial charge in [0.2, 0.25) is 6.79 Å². The van der Waals surface area contributed by atoms with Crippen LogP contribution in [-0.4, -0.2) is 18.9 Å². The summed E-state index contributed by atoms with van der Waals surface area (Å²) >= 11 is 0. The molecule has 1 heterocycles. The van der Waals surface area contributed by atoms with Gasteiger partial charge in [0.15, 0.2) is 11.5 Å². The van der Waals surface area contributed by atoms with E-state index in [-0.39, 0.29) is 18.9 Å². The molecule has 2 aliphatic rings. The number of ether oxygens (including phenoxy) is 2. The lowest BCUT2D eigenvalue weighted by molar-refractivity contribution is 0.174. The van der Waals surface area contributed by atoms with Crippen LogP contribution >= 0.6 is 0 Å². The third-order valence-corrected chi connectivity index (χ3v) is 3.16. The van der Waals surface area contributed by atoms with Crippen molar-refractivity contribution in [2.24, 2.45) is 0 Å². The van der Waals surface area contributed by atoms with E-state index in [0.717, 1.165) is 29.9 Å². The van der Waals surface area contributed by atoms with E-state index in [2.05, 4.69) is 10.6 Å². The lowest BCUT2D eigenvalue weighted by atomic mass is 10.1. The number of carbonyl (C=O) groups excluding carboxylic acids is 1.